The molecule has 1 N–H and O–H groups in total. The van der Waals surface area contributed by atoms with Crippen molar-refractivity contribution in [1.29, 1.82) is 0 Å². The van der Waals surface area contributed by atoms with Gasteiger partial charge in [0, 0.05) is 18.5 Å². The Morgan fingerprint density at radius 1 is 1.00 bits per heavy atom. The van der Waals surface area contributed by atoms with E-state index in [4.69, 9.17) is 9.47 Å². The summed E-state index contributed by atoms with van der Waals surface area (Å²) in [5.41, 5.74) is 2.45. The van der Waals surface area contributed by atoms with Crippen molar-refractivity contribution < 1.29 is 9.47 Å². The summed E-state index contributed by atoms with van der Waals surface area (Å²) in [4.78, 5) is 0. The summed E-state index contributed by atoms with van der Waals surface area (Å²) in [5, 5.41) is 3.33. The Balaban J connectivity index is 1.87. The van der Waals surface area contributed by atoms with Gasteiger partial charge in [-0.3, -0.25) is 0 Å². The number of hydrogen-bond donors (Lipinski definition) is 1. The Bertz CT molecular complexity index is 537. The van der Waals surface area contributed by atoms with Gasteiger partial charge >= 0.3 is 0 Å². The number of benzene rings is 2. The van der Waals surface area contributed by atoms with E-state index in [1.54, 1.807) is 7.11 Å². The SMILES string of the molecule is CCNCc1ccccc1OCCc1ccc(OC)cc1. The lowest BCUT2D eigenvalue weighted by Crippen LogP contribution is -2.13. The van der Waals surface area contributed by atoms with Crippen molar-refractivity contribution in [1.82, 2.24) is 5.32 Å². The van der Waals surface area contributed by atoms with Crippen molar-refractivity contribution in [3.8, 4) is 11.5 Å². The molecule has 0 fully saturated rings. The first-order chi connectivity index (χ1) is 10.3. The second kappa shape index (κ2) is 8.32. The lowest BCUT2D eigenvalue weighted by atomic mass is 10.1. The second-order valence-corrected chi connectivity index (χ2v) is 4.83. The van der Waals surface area contributed by atoms with E-state index in [1.165, 1.54) is 11.1 Å². The zero-order chi connectivity index (χ0) is 14.9. The average Bonchev–Trinajstić information content (AvgIpc) is 2.54. The first kappa shape index (κ1) is 15.4. The van der Waals surface area contributed by atoms with Crippen LogP contribution in [0.4, 0.5) is 0 Å². The predicted octanol–water partition coefficient (Wildman–Crippen LogP) is 3.43. The fraction of sp³-hybridized carbons (Fsp3) is 0.333. The highest BCUT2D eigenvalue weighted by Crippen LogP contribution is 2.18. The van der Waals surface area contributed by atoms with Gasteiger partial charge < -0.3 is 14.8 Å². The van der Waals surface area contributed by atoms with E-state index >= 15 is 0 Å². The van der Waals surface area contributed by atoms with E-state index in [1.807, 2.05) is 30.3 Å². The van der Waals surface area contributed by atoms with Gasteiger partial charge in [-0.05, 0) is 30.3 Å². The number of hydrogen-bond acceptors (Lipinski definition) is 3. The minimum absolute atomic E-state index is 0.676. The van der Waals surface area contributed by atoms with Gasteiger partial charge in [-0.2, -0.15) is 0 Å². The van der Waals surface area contributed by atoms with E-state index < -0.39 is 0 Å². The summed E-state index contributed by atoms with van der Waals surface area (Å²) >= 11 is 0. The molecule has 0 atom stereocenters. The summed E-state index contributed by atoms with van der Waals surface area (Å²) in [6.45, 7) is 4.58. The molecule has 3 heteroatoms. The normalized spacial score (nSPS) is 10.4. The number of methoxy groups -OCH3 is 1. The average molecular weight is 285 g/mol. The lowest BCUT2D eigenvalue weighted by molar-refractivity contribution is 0.317. The van der Waals surface area contributed by atoms with Crippen molar-refractivity contribution in [3.63, 3.8) is 0 Å². The molecule has 0 heterocycles. The molecule has 0 saturated carbocycles. The van der Waals surface area contributed by atoms with Crippen LogP contribution in [-0.4, -0.2) is 20.3 Å². The maximum Gasteiger partial charge on any atom is 0.123 e. The van der Waals surface area contributed by atoms with Crippen LogP contribution >= 0.6 is 0 Å². The van der Waals surface area contributed by atoms with Gasteiger partial charge in [0.15, 0.2) is 0 Å². The zero-order valence-electron chi connectivity index (χ0n) is 12.8. The van der Waals surface area contributed by atoms with Crippen LogP contribution in [0.5, 0.6) is 11.5 Å². The Kier molecular flexibility index (Phi) is 6.10. The second-order valence-electron chi connectivity index (χ2n) is 4.83. The molecule has 112 valence electrons. The van der Waals surface area contributed by atoms with E-state index in [0.29, 0.717) is 6.61 Å². The van der Waals surface area contributed by atoms with Gasteiger partial charge in [0.05, 0.1) is 13.7 Å². The fourth-order valence-electron chi connectivity index (χ4n) is 2.12. The minimum atomic E-state index is 0.676. The Morgan fingerprint density at radius 2 is 1.76 bits per heavy atom. The summed E-state index contributed by atoms with van der Waals surface area (Å²) in [6, 6.07) is 16.3. The van der Waals surface area contributed by atoms with Crippen LogP contribution in [0.1, 0.15) is 18.1 Å². The molecule has 0 aromatic heterocycles. The summed E-state index contributed by atoms with van der Waals surface area (Å²) in [6.07, 6.45) is 0.888. The molecule has 0 amide bonds. The minimum Gasteiger partial charge on any atom is -0.497 e. The van der Waals surface area contributed by atoms with Crippen LogP contribution in [0.3, 0.4) is 0 Å². The Morgan fingerprint density at radius 3 is 2.48 bits per heavy atom. The molecule has 2 rings (SSSR count). The van der Waals surface area contributed by atoms with Crippen LogP contribution in [0.25, 0.3) is 0 Å². The lowest BCUT2D eigenvalue weighted by Gasteiger charge is -2.12. The number of rotatable bonds is 8. The molecule has 21 heavy (non-hydrogen) atoms. The molecule has 0 aliphatic carbocycles. The molecule has 0 saturated heterocycles. The van der Waals surface area contributed by atoms with Crippen molar-refractivity contribution in [3.05, 3.63) is 59.7 Å². The highest BCUT2D eigenvalue weighted by atomic mass is 16.5. The molecule has 0 bridgehead atoms. The predicted molar refractivity (Wildman–Crippen MR) is 86.0 cm³/mol. The van der Waals surface area contributed by atoms with Gasteiger partial charge in [0.2, 0.25) is 0 Å². The Hall–Kier alpha value is -2.00. The van der Waals surface area contributed by atoms with Crippen LogP contribution in [0, 0.1) is 0 Å². The maximum atomic E-state index is 5.92. The van der Waals surface area contributed by atoms with Crippen molar-refractivity contribution in [2.75, 3.05) is 20.3 Å². The standard InChI is InChI=1S/C18H23NO2/c1-3-19-14-16-6-4-5-7-18(16)21-13-12-15-8-10-17(20-2)11-9-15/h4-11,19H,3,12-14H2,1-2H3. The molecule has 2 aromatic rings. The molecule has 0 aliphatic rings. The highest BCUT2D eigenvalue weighted by molar-refractivity contribution is 5.33. The van der Waals surface area contributed by atoms with Gasteiger partial charge in [0.1, 0.15) is 11.5 Å². The van der Waals surface area contributed by atoms with Crippen LogP contribution in [-0.2, 0) is 13.0 Å². The third-order valence-corrected chi connectivity index (χ3v) is 3.35. The molecule has 0 unspecified atom stereocenters. The van der Waals surface area contributed by atoms with Crippen LogP contribution in [0.15, 0.2) is 48.5 Å². The van der Waals surface area contributed by atoms with Gasteiger partial charge in [0.25, 0.3) is 0 Å². The van der Waals surface area contributed by atoms with E-state index in [-0.39, 0.29) is 0 Å². The van der Waals surface area contributed by atoms with Gasteiger partial charge in [-0.25, -0.2) is 0 Å². The first-order valence-electron chi connectivity index (χ1n) is 7.38. The Labute approximate surface area is 126 Å². The quantitative estimate of drug-likeness (QED) is 0.806. The maximum absolute atomic E-state index is 5.92. The number of nitrogens with one attached hydrogen (secondary N) is 1. The molecule has 2 aromatic carbocycles. The third-order valence-electron chi connectivity index (χ3n) is 3.35. The fourth-order valence-corrected chi connectivity index (χ4v) is 2.12. The zero-order valence-corrected chi connectivity index (χ0v) is 12.8. The van der Waals surface area contributed by atoms with Crippen molar-refractivity contribution in [2.24, 2.45) is 0 Å². The number of ether oxygens (including phenoxy) is 2. The van der Waals surface area contributed by atoms with Crippen LogP contribution in [0.2, 0.25) is 0 Å². The molecule has 3 nitrogen and oxygen atoms in total. The number of para-hydroxylation sites is 1. The van der Waals surface area contributed by atoms with E-state index in [0.717, 1.165) is 31.0 Å². The van der Waals surface area contributed by atoms with E-state index in [2.05, 4.69) is 30.4 Å². The summed E-state index contributed by atoms with van der Waals surface area (Å²) in [5.74, 6) is 1.85. The first-order valence-corrected chi connectivity index (χ1v) is 7.38. The molecule has 0 spiro atoms. The van der Waals surface area contributed by atoms with Crippen molar-refractivity contribution in [2.45, 2.75) is 19.9 Å². The van der Waals surface area contributed by atoms with Gasteiger partial charge in [-0.15, -0.1) is 0 Å². The molecule has 0 aliphatic heterocycles. The van der Waals surface area contributed by atoms with Gasteiger partial charge in [-0.1, -0.05) is 37.3 Å². The molecular formula is C18H23NO2. The van der Waals surface area contributed by atoms with Crippen molar-refractivity contribution >= 4 is 0 Å². The van der Waals surface area contributed by atoms with E-state index in [9.17, 15) is 0 Å². The summed E-state index contributed by atoms with van der Waals surface area (Å²) < 4.78 is 11.1. The molecular weight excluding hydrogens is 262 g/mol. The smallest absolute Gasteiger partial charge is 0.123 e. The topological polar surface area (TPSA) is 30.5 Å². The largest absolute Gasteiger partial charge is 0.497 e. The third kappa shape index (κ3) is 4.80. The monoisotopic (exact) mass is 285 g/mol. The highest BCUT2D eigenvalue weighted by Gasteiger charge is 2.02. The van der Waals surface area contributed by atoms with Crippen LogP contribution < -0.4 is 14.8 Å². The summed E-state index contributed by atoms with van der Waals surface area (Å²) in [7, 11) is 1.68. The molecule has 0 radical (unpaired) electrons.